The van der Waals surface area contributed by atoms with Crippen molar-refractivity contribution in [2.75, 3.05) is 7.05 Å². The number of nitrogens with zero attached hydrogens (tertiary/aromatic N) is 2. The Hall–Kier alpha value is -2.47. The van der Waals surface area contributed by atoms with Crippen LogP contribution in [0.2, 0.25) is 0 Å². The molecule has 2 aromatic carbocycles. The number of nitrogens with one attached hydrogen (secondary N) is 1. The zero-order chi connectivity index (χ0) is 16.2. The molecule has 0 saturated carbocycles. The molecule has 23 heavy (non-hydrogen) atoms. The first kappa shape index (κ1) is 15.4. The van der Waals surface area contributed by atoms with Gasteiger partial charge < -0.3 is 10.2 Å². The van der Waals surface area contributed by atoms with Gasteiger partial charge in [0, 0.05) is 19.2 Å². The summed E-state index contributed by atoms with van der Waals surface area (Å²) in [6.45, 7) is 0.581. The molecule has 0 spiro atoms. The molecule has 6 heteroatoms. The lowest BCUT2D eigenvalue weighted by Gasteiger charge is -2.16. The first-order valence-corrected chi connectivity index (χ1v) is 8.02. The van der Waals surface area contributed by atoms with E-state index in [2.05, 4.69) is 10.3 Å². The number of amides is 2. The number of urea groups is 1. The Balaban J connectivity index is 1.60. The largest absolute Gasteiger partial charge is 0.334 e. The molecule has 0 saturated heterocycles. The second-order valence-corrected chi connectivity index (χ2v) is 6.30. The third-order valence-electron chi connectivity index (χ3n) is 3.45. The summed E-state index contributed by atoms with van der Waals surface area (Å²) in [6.07, 6.45) is 0. The van der Waals surface area contributed by atoms with Gasteiger partial charge in [-0.15, -0.1) is 11.3 Å². The maximum atomic E-state index is 13.5. The molecular formula is C17H16FN3OS. The van der Waals surface area contributed by atoms with Gasteiger partial charge in [0.25, 0.3) is 0 Å². The minimum absolute atomic E-state index is 0.162. The molecule has 1 heterocycles. The molecule has 4 nitrogen and oxygen atoms in total. The van der Waals surface area contributed by atoms with E-state index < -0.39 is 0 Å². The number of rotatable bonds is 4. The molecule has 1 N–H and O–H groups in total. The minimum Gasteiger partial charge on any atom is -0.334 e. The van der Waals surface area contributed by atoms with Gasteiger partial charge in [0.05, 0.1) is 16.8 Å². The molecule has 0 aliphatic rings. The zero-order valence-electron chi connectivity index (χ0n) is 12.6. The smallest absolute Gasteiger partial charge is 0.317 e. The Morgan fingerprint density at radius 3 is 2.74 bits per heavy atom. The third kappa shape index (κ3) is 3.65. The normalized spacial score (nSPS) is 10.7. The molecule has 1 aromatic heterocycles. The monoisotopic (exact) mass is 329 g/mol. The lowest BCUT2D eigenvalue weighted by Crippen LogP contribution is -2.36. The standard InChI is InChI=1S/C17H16FN3OS/c1-21(11-16-20-14-8-4-5-9-15(14)23-16)17(22)19-10-12-6-2-3-7-13(12)18/h2-9H,10-11H2,1H3,(H,19,22). The maximum Gasteiger partial charge on any atom is 0.317 e. The van der Waals surface area contributed by atoms with Gasteiger partial charge in [-0.1, -0.05) is 30.3 Å². The van der Waals surface area contributed by atoms with Crippen LogP contribution in [0.5, 0.6) is 0 Å². The maximum absolute atomic E-state index is 13.5. The molecule has 2 amide bonds. The van der Waals surface area contributed by atoms with Crippen LogP contribution < -0.4 is 5.32 Å². The number of aromatic nitrogens is 1. The van der Waals surface area contributed by atoms with Crippen molar-refractivity contribution in [3.05, 3.63) is 64.9 Å². The average molecular weight is 329 g/mol. The quantitative estimate of drug-likeness (QED) is 0.792. The van der Waals surface area contributed by atoms with Gasteiger partial charge in [-0.2, -0.15) is 0 Å². The molecule has 0 radical (unpaired) electrons. The van der Waals surface area contributed by atoms with E-state index in [1.807, 2.05) is 24.3 Å². The molecule has 118 valence electrons. The summed E-state index contributed by atoms with van der Waals surface area (Å²) in [5, 5.41) is 3.59. The zero-order valence-corrected chi connectivity index (χ0v) is 13.4. The SMILES string of the molecule is CN(Cc1nc2ccccc2s1)C(=O)NCc1ccccc1F. The van der Waals surface area contributed by atoms with Crippen LogP contribution in [0.1, 0.15) is 10.6 Å². The van der Waals surface area contributed by atoms with Crippen molar-refractivity contribution in [2.24, 2.45) is 0 Å². The van der Waals surface area contributed by atoms with E-state index in [1.165, 1.54) is 6.07 Å². The first-order chi connectivity index (χ1) is 11.1. The minimum atomic E-state index is -0.318. The fourth-order valence-electron chi connectivity index (χ4n) is 2.21. The van der Waals surface area contributed by atoms with Crippen LogP contribution in [0.15, 0.2) is 48.5 Å². The number of hydrogen-bond acceptors (Lipinski definition) is 3. The summed E-state index contributed by atoms with van der Waals surface area (Å²) in [7, 11) is 1.70. The van der Waals surface area contributed by atoms with Crippen molar-refractivity contribution >= 4 is 27.6 Å². The predicted octanol–water partition coefficient (Wildman–Crippen LogP) is 3.78. The molecule has 3 aromatic rings. The summed E-state index contributed by atoms with van der Waals surface area (Å²) in [4.78, 5) is 18.2. The van der Waals surface area contributed by atoms with Gasteiger partial charge in [0.15, 0.2) is 0 Å². The Morgan fingerprint density at radius 2 is 1.96 bits per heavy atom. The van der Waals surface area contributed by atoms with Crippen LogP contribution in [-0.4, -0.2) is 23.0 Å². The second kappa shape index (κ2) is 6.75. The topological polar surface area (TPSA) is 45.2 Å². The number of carbonyl (C=O) groups is 1. The molecule has 0 aliphatic heterocycles. The highest BCUT2D eigenvalue weighted by atomic mass is 32.1. The van der Waals surface area contributed by atoms with E-state index in [0.717, 1.165) is 15.2 Å². The molecule has 3 rings (SSSR count). The number of para-hydroxylation sites is 1. The van der Waals surface area contributed by atoms with E-state index in [4.69, 9.17) is 0 Å². The second-order valence-electron chi connectivity index (χ2n) is 5.18. The lowest BCUT2D eigenvalue weighted by atomic mass is 10.2. The Morgan fingerprint density at radius 1 is 1.22 bits per heavy atom. The van der Waals surface area contributed by atoms with Crippen molar-refractivity contribution in [3.8, 4) is 0 Å². The number of benzene rings is 2. The van der Waals surface area contributed by atoms with Gasteiger partial charge in [-0.05, 0) is 18.2 Å². The van der Waals surface area contributed by atoms with Crippen LogP contribution in [0.25, 0.3) is 10.2 Å². The number of halogens is 1. The fraction of sp³-hybridized carbons (Fsp3) is 0.176. The number of fused-ring (bicyclic) bond motifs is 1. The molecular weight excluding hydrogens is 313 g/mol. The van der Waals surface area contributed by atoms with Gasteiger partial charge in [0.1, 0.15) is 10.8 Å². The number of hydrogen-bond donors (Lipinski definition) is 1. The van der Waals surface area contributed by atoms with Crippen molar-refractivity contribution in [1.82, 2.24) is 15.2 Å². The van der Waals surface area contributed by atoms with Gasteiger partial charge in [0.2, 0.25) is 0 Å². The summed E-state index contributed by atoms with van der Waals surface area (Å²) in [5.41, 5.74) is 1.40. The van der Waals surface area contributed by atoms with E-state index in [1.54, 1.807) is 41.5 Å². The molecule has 0 unspecified atom stereocenters. The Bertz CT molecular complexity index is 800. The fourth-order valence-corrected chi connectivity index (χ4v) is 3.23. The molecule has 0 fully saturated rings. The average Bonchev–Trinajstić information content (AvgIpc) is 2.96. The Kier molecular flexibility index (Phi) is 4.52. The molecule has 0 bridgehead atoms. The highest BCUT2D eigenvalue weighted by Crippen LogP contribution is 2.22. The van der Waals surface area contributed by atoms with Crippen molar-refractivity contribution in [1.29, 1.82) is 0 Å². The molecule has 0 aliphatic carbocycles. The van der Waals surface area contributed by atoms with Gasteiger partial charge >= 0.3 is 6.03 Å². The van der Waals surface area contributed by atoms with E-state index >= 15 is 0 Å². The summed E-state index contributed by atoms with van der Waals surface area (Å²) in [6, 6.07) is 14.0. The molecule has 0 atom stereocenters. The van der Waals surface area contributed by atoms with E-state index in [-0.39, 0.29) is 18.4 Å². The number of carbonyl (C=O) groups excluding carboxylic acids is 1. The highest BCUT2D eigenvalue weighted by Gasteiger charge is 2.12. The first-order valence-electron chi connectivity index (χ1n) is 7.20. The van der Waals surface area contributed by atoms with Crippen LogP contribution in [-0.2, 0) is 13.1 Å². The van der Waals surface area contributed by atoms with Gasteiger partial charge in [-0.3, -0.25) is 0 Å². The van der Waals surface area contributed by atoms with Crippen LogP contribution >= 0.6 is 11.3 Å². The van der Waals surface area contributed by atoms with Crippen molar-refractivity contribution in [3.63, 3.8) is 0 Å². The Labute approximate surface area is 137 Å². The van der Waals surface area contributed by atoms with Crippen LogP contribution in [0.3, 0.4) is 0 Å². The predicted molar refractivity (Wildman–Crippen MR) is 89.7 cm³/mol. The lowest BCUT2D eigenvalue weighted by molar-refractivity contribution is 0.206. The summed E-state index contributed by atoms with van der Waals surface area (Å²) in [5.74, 6) is -0.318. The number of thiazole rings is 1. The van der Waals surface area contributed by atoms with Crippen LogP contribution in [0.4, 0.5) is 9.18 Å². The van der Waals surface area contributed by atoms with Crippen molar-refractivity contribution < 1.29 is 9.18 Å². The van der Waals surface area contributed by atoms with E-state index in [9.17, 15) is 9.18 Å². The van der Waals surface area contributed by atoms with Gasteiger partial charge in [-0.25, -0.2) is 14.2 Å². The van der Waals surface area contributed by atoms with Crippen molar-refractivity contribution in [2.45, 2.75) is 13.1 Å². The summed E-state index contributed by atoms with van der Waals surface area (Å²) >= 11 is 1.57. The highest BCUT2D eigenvalue weighted by molar-refractivity contribution is 7.18. The summed E-state index contributed by atoms with van der Waals surface area (Å²) < 4.78 is 14.6. The third-order valence-corrected chi connectivity index (χ3v) is 4.47. The van der Waals surface area contributed by atoms with Crippen LogP contribution in [0, 0.1) is 5.82 Å². The van der Waals surface area contributed by atoms with E-state index in [0.29, 0.717) is 12.1 Å².